The maximum atomic E-state index is 9.44. The Hall–Kier alpha value is -0.113. The van der Waals surface area contributed by atoms with E-state index < -0.39 is 0 Å². The molecule has 0 aromatic heterocycles. The summed E-state index contributed by atoms with van der Waals surface area (Å²) in [5.74, 6) is 0.167. The fraction of sp³-hybridized carbons (Fsp3) is 0.875. The smallest absolute Gasteiger partial charge is 0.126 e. The molecule has 1 heterocycles. The van der Waals surface area contributed by atoms with Gasteiger partial charge in [-0.3, -0.25) is 0 Å². The number of carbonyl (C=O) groups excluding carboxylic acids is 1. The molecule has 60 valence electrons. The maximum absolute atomic E-state index is 9.44. The summed E-state index contributed by atoms with van der Waals surface area (Å²) in [7, 11) is 0.508. The van der Waals surface area contributed by atoms with E-state index in [0.29, 0.717) is 9.52 Å². The quantitative estimate of drug-likeness (QED) is 0.491. The summed E-state index contributed by atoms with van der Waals surface area (Å²) < 4.78 is 0. The van der Waals surface area contributed by atoms with Crippen molar-refractivity contribution in [1.29, 1.82) is 0 Å². The Morgan fingerprint density at radius 1 is 1.10 bits per heavy atom. The highest BCUT2D eigenvalue weighted by molar-refractivity contribution is 6.35. The summed E-state index contributed by atoms with van der Waals surface area (Å²) in [5, 5.41) is 0. The first kappa shape index (κ1) is 9.89. The van der Waals surface area contributed by atoms with E-state index in [1.54, 1.807) is 24.9 Å². The minimum absolute atomic E-state index is 0.167. The van der Waals surface area contributed by atoms with Crippen molar-refractivity contribution in [2.75, 3.05) is 0 Å². The van der Waals surface area contributed by atoms with Crippen LogP contribution >= 0.6 is 0 Å². The lowest BCUT2D eigenvalue weighted by molar-refractivity contribution is -0.114. The third-order valence-electron chi connectivity index (χ3n) is 1.50. The van der Waals surface area contributed by atoms with Crippen LogP contribution in [0.15, 0.2) is 0 Å². The first-order valence-electron chi connectivity index (χ1n) is 4.20. The van der Waals surface area contributed by atoms with Gasteiger partial charge in [0, 0.05) is 9.52 Å². The fourth-order valence-corrected chi connectivity index (χ4v) is 2.83. The van der Waals surface area contributed by atoms with Crippen LogP contribution in [0.4, 0.5) is 0 Å². The van der Waals surface area contributed by atoms with Crippen molar-refractivity contribution < 1.29 is 4.79 Å². The van der Waals surface area contributed by atoms with Gasteiger partial charge in [0.25, 0.3) is 0 Å². The third kappa shape index (κ3) is 10.8. The van der Waals surface area contributed by atoms with Crippen LogP contribution in [0.1, 0.15) is 33.1 Å². The highest BCUT2D eigenvalue weighted by Crippen LogP contribution is 2.10. The summed E-state index contributed by atoms with van der Waals surface area (Å²) in [4.78, 5) is 9.44. The molecule has 1 saturated heterocycles. The molecule has 0 aliphatic carbocycles. The number of rotatable bonds is 0. The lowest BCUT2D eigenvalue weighted by Gasteiger charge is -2.04. The van der Waals surface area contributed by atoms with E-state index in [1.807, 2.05) is 0 Å². The average molecular weight is 158 g/mol. The third-order valence-corrected chi connectivity index (χ3v) is 3.50. The summed E-state index contributed by atoms with van der Waals surface area (Å²) in [6, 6.07) is 3.28. The number of carbonyl (C=O) groups is 1. The van der Waals surface area contributed by atoms with Crippen LogP contribution in [0.25, 0.3) is 0 Å². The van der Waals surface area contributed by atoms with Gasteiger partial charge >= 0.3 is 0 Å². The molecule has 0 N–H and O–H groups in total. The Morgan fingerprint density at radius 2 is 1.50 bits per heavy atom. The van der Waals surface area contributed by atoms with E-state index >= 15 is 0 Å². The second-order valence-electron chi connectivity index (χ2n) is 3.03. The van der Waals surface area contributed by atoms with Crippen molar-refractivity contribution in [2.24, 2.45) is 0 Å². The largest absolute Gasteiger partial charge is 0.300 e. The van der Waals surface area contributed by atoms with Crippen LogP contribution in [-0.2, 0) is 4.79 Å². The van der Waals surface area contributed by atoms with E-state index in [4.69, 9.17) is 0 Å². The monoisotopic (exact) mass is 158 g/mol. The molecule has 0 spiro atoms. The van der Waals surface area contributed by atoms with Gasteiger partial charge in [-0.2, -0.15) is 0 Å². The molecule has 0 saturated carbocycles. The van der Waals surface area contributed by atoms with Crippen LogP contribution in [0, 0.1) is 0 Å². The molecule has 1 aliphatic heterocycles. The van der Waals surface area contributed by atoms with Gasteiger partial charge in [0.2, 0.25) is 0 Å². The second-order valence-corrected chi connectivity index (χ2v) is 5.15. The molecule has 1 nitrogen and oxygen atoms in total. The number of hydrogen-bond donors (Lipinski definition) is 0. The van der Waals surface area contributed by atoms with Crippen LogP contribution in [0.5, 0.6) is 0 Å². The highest BCUT2D eigenvalue weighted by atomic mass is 28.2. The molecule has 0 amide bonds. The number of hydrogen-bond acceptors (Lipinski definition) is 1. The van der Waals surface area contributed by atoms with Crippen LogP contribution < -0.4 is 0 Å². The molecule has 0 bridgehead atoms. The van der Waals surface area contributed by atoms with Crippen LogP contribution in [-0.4, -0.2) is 15.3 Å². The van der Waals surface area contributed by atoms with Gasteiger partial charge in [-0.05, 0) is 13.8 Å². The van der Waals surface area contributed by atoms with E-state index in [0.717, 1.165) is 0 Å². The fourth-order valence-electron chi connectivity index (χ4n) is 1.06. The molecule has 10 heavy (non-hydrogen) atoms. The van der Waals surface area contributed by atoms with Gasteiger partial charge in [-0.1, -0.05) is 31.4 Å². The molecule has 1 aliphatic rings. The van der Waals surface area contributed by atoms with Crippen molar-refractivity contribution in [1.82, 2.24) is 0 Å². The zero-order valence-corrected chi connectivity index (χ0v) is 8.57. The van der Waals surface area contributed by atoms with E-state index in [1.165, 1.54) is 20.3 Å². The molecular formula is C8H18OSi. The van der Waals surface area contributed by atoms with E-state index in [2.05, 4.69) is 0 Å². The molecule has 2 heteroatoms. The Labute approximate surface area is 66.0 Å². The lowest BCUT2D eigenvalue weighted by atomic mass is 10.3. The highest BCUT2D eigenvalue weighted by Gasteiger charge is 1.96. The summed E-state index contributed by atoms with van der Waals surface area (Å²) in [5.41, 5.74) is 0. The first-order chi connectivity index (χ1) is 4.73. The zero-order valence-electron chi connectivity index (χ0n) is 7.15. The van der Waals surface area contributed by atoms with Gasteiger partial charge in [-0.25, -0.2) is 0 Å². The number of Topliss-reactive ketones (excluding diaryl/α,β-unsaturated/α-hetero) is 1. The summed E-state index contributed by atoms with van der Waals surface area (Å²) >= 11 is 0. The van der Waals surface area contributed by atoms with Crippen molar-refractivity contribution in [3.8, 4) is 0 Å². The molecule has 0 atom stereocenters. The Morgan fingerprint density at radius 3 is 1.60 bits per heavy atom. The molecule has 1 rings (SSSR count). The molecule has 1 fully saturated rings. The molecule has 0 aromatic rings. The average Bonchev–Trinajstić information content (AvgIpc) is 1.90. The standard InChI is InChI=1S/C5H12Si.C3H6O/c1-2-4-6-5-3-1;1-3(2)4/h1-6H2;1-2H3. The Balaban J connectivity index is 0.000000180. The molecule has 0 aromatic carbocycles. The number of ketones is 1. The van der Waals surface area contributed by atoms with Gasteiger partial charge in [0.05, 0.1) is 0 Å². The topological polar surface area (TPSA) is 17.1 Å². The summed E-state index contributed by atoms with van der Waals surface area (Å²) in [6.45, 7) is 3.06. The normalized spacial score (nSPS) is 17.0. The van der Waals surface area contributed by atoms with Crippen molar-refractivity contribution >= 4 is 15.3 Å². The lowest BCUT2D eigenvalue weighted by Crippen LogP contribution is -1.94. The Bertz CT molecular complexity index is 71.7. The molecule has 0 unspecified atom stereocenters. The van der Waals surface area contributed by atoms with E-state index in [9.17, 15) is 4.79 Å². The minimum atomic E-state index is 0.167. The van der Waals surface area contributed by atoms with Crippen molar-refractivity contribution in [3.05, 3.63) is 0 Å². The second kappa shape index (κ2) is 7.00. The first-order valence-corrected chi connectivity index (χ1v) is 6.20. The zero-order chi connectivity index (χ0) is 7.82. The SMILES string of the molecule is C1CC[SiH2]CC1.CC(C)=O. The minimum Gasteiger partial charge on any atom is -0.300 e. The molecular weight excluding hydrogens is 140 g/mol. The van der Waals surface area contributed by atoms with E-state index in [-0.39, 0.29) is 5.78 Å². The predicted molar refractivity (Wildman–Crippen MR) is 48.4 cm³/mol. The van der Waals surface area contributed by atoms with Crippen molar-refractivity contribution in [2.45, 2.75) is 45.2 Å². The van der Waals surface area contributed by atoms with Crippen molar-refractivity contribution in [3.63, 3.8) is 0 Å². The predicted octanol–water partition coefficient (Wildman–Crippen LogP) is 1.77. The van der Waals surface area contributed by atoms with Crippen LogP contribution in [0.3, 0.4) is 0 Å². The van der Waals surface area contributed by atoms with Gasteiger partial charge in [-0.15, -0.1) is 0 Å². The van der Waals surface area contributed by atoms with Gasteiger partial charge < -0.3 is 4.79 Å². The Kier molecular flexibility index (Phi) is 6.92. The van der Waals surface area contributed by atoms with Crippen LogP contribution in [0.2, 0.25) is 12.1 Å². The van der Waals surface area contributed by atoms with Gasteiger partial charge in [0.1, 0.15) is 5.78 Å². The van der Waals surface area contributed by atoms with Gasteiger partial charge in [0.15, 0.2) is 0 Å². The summed E-state index contributed by atoms with van der Waals surface area (Å²) in [6.07, 6.45) is 4.66. The maximum Gasteiger partial charge on any atom is 0.126 e. The molecule has 0 radical (unpaired) electrons.